The summed E-state index contributed by atoms with van der Waals surface area (Å²) in [5, 5.41) is 27.9. The van der Waals surface area contributed by atoms with E-state index in [2.05, 4.69) is 4.98 Å². The Morgan fingerprint density at radius 1 is 1.62 bits per heavy atom. The van der Waals surface area contributed by atoms with Gasteiger partial charge in [-0.1, -0.05) is 0 Å². The summed E-state index contributed by atoms with van der Waals surface area (Å²) in [5.41, 5.74) is 3.61. The van der Waals surface area contributed by atoms with Crippen molar-refractivity contribution in [2.75, 3.05) is 12.3 Å². The minimum Gasteiger partial charge on any atom is -0.478 e. The first-order valence-corrected chi connectivity index (χ1v) is 5.77. The largest absolute Gasteiger partial charge is 0.478 e. The van der Waals surface area contributed by atoms with Crippen molar-refractivity contribution >= 4 is 11.8 Å². The number of halogens is 1. The maximum Gasteiger partial charge on any atom is 0.351 e. The Labute approximate surface area is 116 Å². The van der Waals surface area contributed by atoms with Crippen LogP contribution in [0.4, 0.5) is 10.2 Å². The lowest BCUT2D eigenvalue weighted by Crippen LogP contribution is -2.33. The average Bonchev–Trinajstić information content (AvgIpc) is 2.74. The minimum atomic E-state index is -1.57. The van der Waals surface area contributed by atoms with Gasteiger partial charge in [0, 0.05) is 11.8 Å². The highest BCUT2D eigenvalue weighted by Crippen LogP contribution is 2.32. The van der Waals surface area contributed by atoms with Gasteiger partial charge >= 0.3 is 11.7 Å². The molecular weight excluding hydrogens is 289 g/mol. The third-order valence-corrected chi connectivity index (χ3v) is 3.06. The Hall–Kier alpha value is -2.30. The van der Waals surface area contributed by atoms with Gasteiger partial charge in [0.15, 0.2) is 6.23 Å². The zero-order valence-corrected chi connectivity index (χ0v) is 10.5. The van der Waals surface area contributed by atoms with Crippen LogP contribution in [0.1, 0.15) is 16.6 Å². The van der Waals surface area contributed by atoms with E-state index >= 15 is 0 Å². The van der Waals surface area contributed by atoms with Crippen LogP contribution in [0.25, 0.3) is 0 Å². The summed E-state index contributed by atoms with van der Waals surface area (Å²) in [7, 11) is 0. The molecule has 2 rings (SSSR count). The quantitative estimate of drug-likeness (QED) is 0.534. The first-order chi connectivity index (χ1) is 9.90. The van der Waals surface area contributed by atoms with Crippen molar-refractivity contribution in [3.8, 4) is 0 Å². The smallest absolute Gasteiger partial charge is 0.351 e. The summed E-state index contributed by atoms with van der Waals surface area (Å²) in [6.07, 6.45) is -3.22. The lowest BCUT2D eigenvalue weighted by molar-refractivity contribution is -0.0528. The van der Waals surface area contributed by atoms with E-state index in [9.17, 15) is 19.1 Å². The molecule has 0 aromatic carbocycles. The van der Waals surface area contributed by atoms with Crippen LogP contribution in [0.3, 0.4) is 0 Å². The van der Waals surface area contributed by atoms with Crippen molar-refractivity contribution in [3.05, 3.63) is 34.1 Å². The van der Waals surface area contributed by atoms with Crippen molar-refractivity contribution < 1.29 is 29.2 Å². The lowest BCUT2D eigenvalue weighted by atomic mass is 10.1. The molecule has 2 heterocycles. The third kappa shape index (κ3) is 2.51. The molecule has 0 aliphatic carbocycles. The van der Waals surface area contributed by atoms with Crippen molar-refractivity contribution in [1.29, 1.82) is 0 Å². The summed E-state index contributed by atoms with van der Waals surface area (Å²) in [6.45, 7) is -0.619. The normalized spacial score (nSPS) is 27.2. The summed E-state index contributed by atoms with van der Waals surface area (Å²) >= 11 is 0. The van der Waals surface area contributed by atoms with Gasteiger partial charge in [0.25, 0.3) is 0 Å². The molecule has 0 amide bonds. The number of ether oxygens (including phenoxy) is 1. The summed E-state index contributed by atoms with van der Waals surface area (Å²) in [4.78, 5) is 26.0. The molecule has 5 N–H and O–H groups in total. The Bertz CT molecular complexity index is 658. The van der Waals surface area contributed by atoms with Gasteiger partial charge in [-0.25, -0.2) is 14.0 Å². The number of carboxylic acids is 1. The first-order valence-electron chi connectivity index (χ1n) is 5.77. The van der Waals surface area contributed by atoms with Crippen LogP contribution in [0.2, 0.25) is 0 Å². The lowest BCUT2D eigenvalue weighted by Gasteiger charge is -2.17. The van der Waals surface area contributed by atoms with Crippen LogP contribution < -0.4 is 11.4 Å². The third-order valence-electron chi connectivity index (χ3n) is 3.06. The highest BCUT2D eigenvalue weighted by atomic mass is 19.1. The van der Waals surface area contributed by atoms with E-state index < -0.39 is 48.1 Å². The Balaban J connectivity index is 2.50. The van der Waals surface area contributed by atoms with Crippen LogP contribution in [0, 0.1) is 0 Å². The summed E-state index contributed by atoms with van der Waals surface area (Å²) in [5.74, 6) is -1.92. The molecule has 1 aromatic rings. The van der Waals surface area contributed by atoms with Gasteiger partial charge in [-0.15, -0.1) is 0 Å². The second-order valence-corrected chi connectivity index (χ2v) is 4.29. The van der Waals surface area contributed by atoms with E-state index in [-0.39, 0.29) is 11.9 Å². The molecule has 1 saturated heterocycles. The maximum absolute atomic E-state index is 12.7. The first kappa shape index (κ1) is 15.1. The predicted octanol–water partition coefficient (Wildman–Crippen LogP) is -1.37. The summed E-state index contributed by atoms with van der Waals surface area (Å²) < 4.78 is 18.5. The molecule has 3 unspecified atom stereocenters. The Morgan fingerprint density at radius 3 is 2.76 bits per heavy atom. The summed E-state index contributed by atoms with van der Waals surface area (Å²) in [6, 6.07) is 0. The molecule has 3 atom stereocenters. The fraction of sp³-hybridized carbons (Fsp3) is 0.364. The standard InChI is InChI=1S/C11H12FN3O6/c12-1-4-6(3-16)21-9(7(4)17)15-2-5(10(18)19)8(13)14-11(15)20/h1-2,6-7,9,16-17H,3H2,(H,18,19)(H2,13,14,20)/b4-1-. The van der Waals surface area contributed by atoms with Crippen molar-refractivity contribution in [2.24, 2.45) is 0 Å². The molecule has 9 nitrogen and oxygen atoms in total. The second kappa shape index (κ2) is 5.60. The van der Waals surface area contributed by atoms with E-state index in [4.69, 9.17) is 20.7 Å². The zero-order valence-electron chi connectivity index (χ0n) is 10.5. The fourth-order valence-electron chi connectivity index (χ4n) is 2.01. The number of aromatic carboxylic acids is 1. The monoisotopic (exact) mass is 301 g/mol. The molecule has 10 heteroatoms. The van der Waals surface area contributed by atoms with Crippen LogP contribution in [-0.2, 0) is 4.74 Å². The number of nitrogens with zero attached hydrogens (tertiary/aromatic N) is 2. The van der Waals surface area contributed by atoms with E-state index in [0.717, 1.165) is 6.20 Å². The predicted molar refractivity (Wildman–Crippen MR) is 66.1 cm³/mol. The van der Waals surface area contributed by atoms with Crippen LogP contribution in [0.5, 0.6) is 0 Å². The van der Waals surface area contributed by atoms with Crippen molar-refractivity contribution in [3.63, 3.8) is 0 Å². The number of aliphatic hydroxyl groups is 2. The zero-order chi connectivity index (χ0) is 15.7. The topological polar surface area (TPSA) is 148 Å². The van der Waals surface area contributed by atoms with E-state index in [1.807, 2.05) is 0 Å². The van der Waals surface area contributed by atoms with Gasteiger partial charge in [0.2, 0.25) is 0 Å². The number of aromatic nitrogens is 2. The molecule has 0 spiro atoms. The molecule has 0 radical (unpaired) electrons. The van der Waals surface area contributed by atoms with Gasteiger partial charge in [-0.3, -0.25) is 4.57 Å². The van der Waals surface area contributed by atoms with Gasteiger partial charge in [0.1, 0.15) is 23.6 Å². The number of anilines is 1. The van der Waals surface area contributed by atoms with E-state index in [1.54, 1.807) is 0 Å². The minimum absolute atomic E-state index is 0.0689. The van der Waals surface area contributed by atoms with Crippen molar-refractivity contribution in [2.45, 2.75) is 18.4 Å². The maximum atomic E-state index is 12.7. The van der Waals surface area contributed by atoms with E-state index in [0.29, 0.717) is 4.57 Å². The molecule has 0 bridgehead atoms. The number of carbonyl (C=O) groups is 1. The molecule has 0 saturated carbocycles. The van der Waals surface area contributed by atoms with Gasteiger partial charge in [-0.05, 0) is 0 Å². The van der Waals surface area contributed by atoms with E-state index in [1.165, 1.54) is 0 Å². The number of hydrogen-bond donors (Lipinski definition) is 4. The number of hydrogen-bond acceptors (Lipinski definition) is 7. The van der Waals surface area contributed by atoms with Crippen molar-refractivity contribution in [1.82, 2.24) is 9.55 Å². The Kier molecular flexibility index (Phi) is 4.02. The molecule has 114 valence electrons. The van der Waals surface area contributed by atoms with Crippen LogP contribution in [-0.4, -0.2) is 49.7 Å². The molecule has 1 aromatic heterocycles. The molecule has 1 aliphatic rings. The molecule has 1 fully saturated rings. The highest BCUT2D eigenvalue weighted by Gasteiger charge is 2.40. The Morgan fingerprint density at radius 2 is 2.29 bits per heavy atom. The number of rotatable bonds is 3. The van der Waals surface area contributed by atoms with Crippen LogP contribution >= 0.6 is 0 Å². The molecule has 21 heavy (non-hydrogen) atoms. The molecule has 1 aliphatic heterocycles. The van der Waals surface area contributed by atoms with Crippen LogP contribution in [0.15, 0.2) is 22.9 Å². The number of nitrogens with two attached hydrogens (primary N) is 1. The van der Waals surface area contributed by atoms with Gasteiger partial charge in [0.05, 0.1) is 12.9 Å². The van der Waals surface area contributed by atoms with Gasteiger partial charge < -0.3 is 25.8 Å². The molecular formula is C11H12FN3O6. The number of aliphatic hydroxyl groups excluding tert-OH is 2. The van der Waals surface area contributed by atoms with Gasteiger partial charge in [-0.2, -0.15) is 4.98 Å². The number of nitrogen functional groups attached to an aromatic ring is 1. The average molecular weight is 301 g/mol. The SMILES string of the molecule is Nc1nc(=O)n(C2OC(CO)/C(=C/F)C2O)cc1C(=O)O. The number of carboxylic acid groups (broad SMARTS) is 1. The highest BCUT2D eigenvalue weighted by molar-refractivity contribution is 5.92. The fourth-order valence-corrected chi connectivity index (χ4v) is 2.01. The second-order valence-electron chi connectivity index (χ2n) is 4.29.